The van der Waals surface area contributed by atoms with E-state index in [0.29, 0.717) is 28.4 Å². The number of para-hydroxylation sites is 1. The summed E-state index contributed by atoms with van der Waals surface area (Å²) in [6.07, 6.45) is 1.49. The molecule has 2 amide bonds. The van der Waals surface area contributed by atoms with Crippen molar-refractivity contribution < 1.29 is 24.2 Å². The third-order valence-electron chi connectivity index (χ3n) is 5.77. The van der Waals surface area contributed by atoms with Crippen molar-refractivity contribution in [3.05, 3.63) is 136 Å². The van der Waals surface area contributed by atoms with Crippen molar-refractivity contribution in [2.45, 2.75) is 11.8 Å². The van der Waals surface area contributed by atoms with Crippen molar-refractivity contribution in [1.29, 1.82) is 0 Å². The van der Waals surface area contributed by atoms with Gasteiger partial charge < -0.3 is 20.5 Å². The minimum Gasteiger partial charge on any atom is -0.480 e. The van der Waals surface area contributed by atoms with E-state index in [1.54, 1.807) is 48.5 Å². The van der Waals surface area contributed by atoms with Crippen molar-refractivity contribution in [1.82, 2.24) is 10.6 Å². The Kier molecular flexibility index (Phi) is 10.8. The first kappa shape index (κ1) is 29.6. The second-order valence-corrected chi connectivity index (χ2v) is 10.8. The summed E-state index contributed by atoms with van der Waals surface area (Å²) in [7, 11) is 0. The first-order valence-corrected chi connectivity index (χ1v) is 14.6. The van der Waals surface area contributed by atoms with Crippen LogP contribution in [0.25, 0.3) is 6.08 Å². The summed E-state index contributed by atoms with van der Waals surface area (Å²) < 4.78 is 6.63. The van der Waals surface area contributed by atoms with Crippen LogP contribution in [0.2, 0.25) is 0 Å². The standard InChI is InChI=1S/C32H27BrN2O5S/c33-25-15-13-24(14-16-25)30(36)34-28(19-22-11-17-27(18-12-22)40-26-9-5-2-6-10-26)31(37)35-29(32(38)39)21-41-20-23-7-3-1-4-8-23/h1-19,29H,20-21H2,(H,34,36)(H,35,37)(H,38,39)/b28-19+/t29-/m0/s1. The zero-order valence-corrected chi connectivity index (χ0v) is 24.2. The maximum atomic E-state index is 13.3. The normalized spacial score (nSPS) is 11.8. The molecule has 1 atom stereocenters. The Balaban J connectivity index is 1.51. The lowest BCUT2D eigenvalue weighted by Gasteiger charge is -2.17. The average molecular weight is 632 g/mol. The smallest absolute Gasteiger partial charge is 0.327 e. The number of carbonyl (C=O) groups is 3. The summed E-state index contributed by atoms with van der Waals surface area (Å²) in [6.45, 7) is 0. The maximum absolute atomic E-state index is 13.3. The van der Waals surface area contributed by atoms with E-state index >= 15 is 0 Å². The van der Waals surface area contributed by atoms with Crippen molar-refractivity contribution in [2.24, 2.45) is 0 Å². The Hall–Kier alpha value is -4.34. The topological polar surface area (TPSA) is 105 Å². The third-order valence-corrected chi connectivity index (χ3v) is 7.40. The number of amides is 2. The van der Waals surface area contributed by atoms with Gasteiger partial charge in [-0.2, -0.15) is 11.8 Å². The molecule has 4 aromatic carbocycles. The maximum Gasteiger partial charge on any atom is 0.327 e. The fourth-order valence-electron chi connectivity index (χ4n) is 3.66. The zero-order chi connectivity index (χ0) is 29.0. The molecule has 3 N–H and O–H groups in total. The lowest BCUT2D eigenvalue weighted by molar-refractivity contribution is -0.140. The second kappa shape index (κ2) is 14.9. The predicted octanol–water partition coefficient (Wildman–Crippen LogP) is 6.52. The third kappa shape index (κ3) is 9.37. The first-order valence-electron chi connectivity index (χ1n) is 12.6. The van der Waals surface area contributed by atoms with Gasteiger partial charge in [0.25, 0.3) is 11.8 Å². The molecule has 41 heavy (non-hydrogen) atoms. The molecule has 208 valence electrons. The average Bonchev–Trinajstić information content (AvgIpc) is 2.98. The molecular formula is C32H27BrN2O5S. The van der Waals surface area contributed by atoms with Crippen LogP contribution in [-0.2, 0) is 15.3 Å². The summed E-state index contributed by atoms with van der Waals surface area (Å²) in [5.74, 6) is -0.362. The number of thioether (sulfide) groups is 1. The van der Waals surface area contributed by atoms with Crippen LogP contribution < -0.4 is 15.4 Å². The minimum absolute atomic E-state index is 0.0889. The van der Waals surface area contributed by atoms with Crippen LogP contribution in [0.5, 0.6) is 11.5 Å². The summed E-state index contributed by atoms with van der Waals surface area (Å²) in [5.41, 5.74) is 1.91. The molecule has 0 aliphatic rings. The second-order valence-electron chi connectivity index (χ2n) is 8.87. The molecule has 9 heteroatoms. The van der Waals surface area contributed by atoms with E-state index in [9.17, 15) is 19.5 Å². The highest BCUT2D eigenvalue weighted by molar-refractivity contribution is 9.10. The molecule has 0 bridgehead atoms. The van der Waals surface area contributed by atoms with Crippen LogP contribution in [0.1, 0.15) is 21.5 Å². The number of ether oxygens (including phenoxy) is 1. The van der Waals surface area contributed by atoms with Gasteiger partial charge in [-0.3, -0.25) is 9.59 Å². The molecule has 0 saturated heterocycles. The summed E-state index contributed by atoms with van der Waals surface area (Å²) in [4.78, 5) is 38.3. The summed E-state index contributed by atoms with van der Waals surface area (Å²) >= 11 is 4.73. The lowest BCUT2D eigenvalue weighted by Crippen LogP contribution is -2.45. The Morgan fingerprint density at radius 1 is 0.829 bits per heavy atom. The van der Waals surface area contributed by atoms with Crippen molar-refractivity contribution in [3.8, 4) is 11.5 Å². The Bertz CT molecular complexity index is 1500. The summed E-state index contributed by atoms with van der Waals surface area (Å²) in [5, 5.41) is 15.0. The molecule has 4 aromatic rings. The number of aliphatic carboxylic acids is 1. The van der Waals surface area contributed by atoms with E-state index < -0.39 is 23.8 Å². The quantitative estimate of drug-likeness (QED) is 0.154. The van der Waals surface area contributed by atoms with Gasteiger partial charge in [0, 0.05) is 21.5 Å². The van der Waals surface area contributed by atoms with Crippen LogP contribution in [0.4, 0.5) is 0 Å². The molecule has 0 aliphatic heterocycles. The number of halogens is 1. The molecule has 0 aromatic heterocycles. The van der Waals surface area contributed by atoms with Crippen LogP contribution in [0.3, 0.4) is 0 Å². The van der Waals surface area contributed by atoms with E-state index in [4.69, 9.17) is 4.74 Å². The van der Waals surface area contributed by atoms with Gasteiger partial charge in [-0.15, -0.1) is 0 Å². The molecule has 0 unspecified atom stereocenters. The number of carboxylic acid groups (broad SMARTS) is 1. The summed E-state index contributed by atoms with van der Waals surface area (Å²) in [6, 6.07) is 31.4. The number of nitrogens with one attached hydrogen (secondary N) is 2. The lowest BCUT2D eigenvalue weighted by atomic mass is 10.1. The van der Waals surface area contributed by atoms with Crippen molar-refractivity contribution in [3.63, 3.8) is 0 Å². The van der Waals surface area contributed by atoms with Crippen LogP contribution >= 0.6 is 27.7 Å². The number of rotatable bonds is 12. The predicted molar refractivity (Wildman–Crippen MR) is 165 cm³/mol. The van der Waals surface area contributed by atoms with Crippen LogP contribution in [0.15, 0.2) is 119 Å². The molecule has 4 rings (SSSR count). The number of hydrogen-bond acceptors (Lipinski definition) is 5. The minimum atomic E-state index is -1.17. The highest BCUT2D eigenvalue weighted by atomic mass is 79.9. The number of carbonyl (C=O) groups excluding carboxylic acids is 2. The van der Waals surface area contributed by atoms with Gasteiger partial charge in [0.2, 0.25) is 0 Å². The Morgan fingerprint density at radius 2 is 1.44 bits per heavy atom. The van der Waals surface area contributed by atoms with Gasteiger partial charge in [-0.1, -0.05) is 76.6 Å². The van der Waals surface area contributed by atoms with Gasteiger partial charge in [0.15, 0.2) is 0 Å². The van der Waals surface area contributed by atoms with Crippen LogP contribution in [-0.4, -0.2) is 34.7 Å². The molecule has 0 aliphatic carbocycles. The zero-order valence-electron chi connectivity index (χ0n) is 21.8. The van der Waals surface area contributed by atoms with Gasteiger partial charge in [0.1, 0.15) is 23.2 Å². The fourth-order valence-corrected chi connectivity index (χ4v) is 4.93. The van der Waals surface area contributed by atoms with E-state index in [1.807, 2.05) is 60.7 Å². The molecule has 0 saturated carbocycles. The number of hydrogen-bond donors (Lipinski definition) is 3. The van der Waals surface area contributed by atoms with Crippen molar-refractivity contribution >= 4 is 51.6 Å². The highest BCUT2D eigenvalue weighted by Gasteiger charge is 2.23. The van der Waals surface area contributed by atoms with Gasteiger partial charge >= 0.3 is 5.97 Å². The van der Waals surface area contributed by atoms with E-state index in [-0.39, 0.29) is 11.4 Å². The van der Waals surface area contributed by atoms with Gasteiger partial charge in [0.05, 0.1) is 0 Å². The highest BCUT2D eigenvalue weighted by Crippen LogP contribution is 2.22. The van der Waals surface area contributed by atoms with E-state index in [2.05, 4.69) is 26.6 Å². The molecule has 0 heterocycles. The van der Waals surface area contributed by atoms with Crippen LogP contribution in [0, 0.1) is 0 Å². The number of carboxylic acids is 1. The molecule has 0 radical (unpaired) electrons. The first-order chi connectivity index (χ1) is 19.9. The molecule has 0 fully saturated rings. The molecule has 7 nitrogen and oxygen atoms in total. The Morgan fingerprint density at radius 3 is 2.07 bits per heavy atom. The van der Waals surface area contributed by atoms with Gasteiger partial charge in [-0.05, 0) is 65.7 Å². The van der Waals surface area contributed by atoms with Crippen molar-refractivity contribution in [2.75, 3.05) is 5.75 Å². The largest absolute Gasteiger partial charge is 0.480 e. The molecule has 0 spiro atoms. The van der Waals surface area contributed by atoms with E-state index in [1.165, 1.54) is 17.8 Å². The molecular weight excluding hydrogens is 604 g/mol. The monoisotopic (exact) mass is 630 g/mol. The SMILES string of the molecule is O=C(N[C@@H](CSCc1ccccc1)C(=O)O)/C(=C\c1ccc(Oc2ccccc2)cc1)NC(=O)c1ccc(Br)cc1. The fraction of sp³-hybridized carbons (Fsp3) is 0.0938. The number of benzene rings is 4. The van der Waals surface area contributed by atoms with E-state index in [0.717, 1.165) is 10.0 Å². The van der Waals surface area contributed by atoms with Gasteiger partial charge in [-0.25, -0.2) is 4.79 Å². The Labute approximate surface area is 250 Å².